The quantitative estimate of drug-likeness (QED) is 0.708. The zero-order valence-corrected chi connectivity index (χ0v) is 10.9. The van der Waals surface area contributed by atoms with Crippen molar-refractivity contribution in [2.75, 3.05) is 39.3 Å². The van der Waals surface area contributed by atoms with Gasteiger partial charge in [0.15, 0.2) is 0 Å². The highest BCUT2D eigenvalue weighted by Crippen LogP contribution is 2.21. The highest BCUT2D eigenvalue weighted by Gasteiger charge is 2.29. The lowest BCUT2D eigenvalue weighted by Crippen LogP contribution is -2.50. The molecule has 3 nitrogen and oxygen atoms in total. The Bertz CT molecular complexity index is 205. The van der Waals surface area contributed by atoms with E-state index in [9.17, 15) is 0 Å². The maximum atomic E-state index is 3.49. The molecule has 0 aromatic rings. The topological polar surface area (TPSA) is 18.5 Å². The van der Waals surface area contributed by atoms with Gasteiger partial charge in [-0.1, -0.05) is 13.8 Å². The first kappa shape index (κ1) is 12.3. The third-order valence-corrected chi connectivity index (χ3v) is 3.88. The van der Waals surface area contributed by atoms with E-state index in [4.69, 9.17) is 0 Å². The lowest BCUT2D eigenvalue weighted by atomic mass is 10.1. The van der Waals surface area contributed by atoms with Crippen molar-refractivity contribution in [2.45, 2.75) is 45.2 Å². The van der Waals surface area contributed by atoms with Crippen LogP contribution in [0, 0.1) is 0 Å². The van der Waals surface area contributed by atoms with Gasteiger partial charge in [-0.2, -0.15) is 0 Å². The van der Waals surface area contributed by atoms with E-state index < -0.39 is 0 Å². The van der Waals surface area contributed by atoms with Crippen molar-refractivity contribution in [3.8, 4) is 0 Å². The zero-order valence-electron chi connectivity index (χ0n) is 10.9. The molecule has 0 aromatic carbocycles. The van der Waals surface area contributed by atoms with Crippen molar-refractivity contribution in [1.82, 2.24) is 15.1 Å². The van der Waals surface area contributed by atoms with Gasteiger partial charge in [-0.3, -0.25) is 4.90 Å². The number of nitrogens with one attached hydrogen (secondary N) is 1. The van der Waals surface area contributed by atoms with E-state index >= 15 is 0 Å². The van der Waals surface area contributed by atoms with E-state index in [2.05, 4.69) is 29.0 Å². The first-order chi connectivity index (χ1) is 7.75. The Kier molecular flexibility index (Phi) is 4.62. The minimum Gasteiger partial charge on any atom is -0.314 e. The highest BCUT2D eigenvalue weighted by molar-refractivity contribution is 4.86. The Morgan fingerprint density at radius 1 is 1.25 bits per heavy atom. The van der Waals surface area contributed by atoms with Crippen molar-refractivity contribution in [3.63, 3.8) is 0 Å². The lowest BCUT2D eigenvalue weighted by molar-refractivity contribution is 0.103. The summed E-state index contributed by atoms with van der Waals surface area (Å²) in [6.07, 6.45) is 4.15. The van der Waals surface area contributed by atoms with E-state index in [1.165, 1.54) is 58.5 Å². The van der Waals surface area contributed by atoms with E-state index in [1.54, 1.807) is 0 Å². The fraction of sp³-hybridized carbons (Fsp3) is 1.00. The zero-order chi connectivity index (χ0) is 11.4. The molecule has 2 heterocycles. The molecule has 0 amide bonds. The van der Waals surface area contributed by atoms with Gasteiger partial charge in [0.25, 0.3) is 0 Å². The standard InChI is InChI=1S/C13H27N3/c1-12(2)14-6-4-7-15-9-10-16-8-3-5-13(16)11-15/h12-14H,3-11H2,1-2H3. The van der Waals surface area contributed by atoms with Gasteiger partial charge in [-0.25, -0.2) is 0 Å². The van der Waals surface area contributed by atoms with Gasteiger partial charge >= 0.3 is 0 Å². The molecule has 3 heteroatoms. The summed E-state index contributed by atoms with van der Waals surface area (Å²) in [5, 5.41) is 3.49. The summed E-state index contributed by atoms with van der Waals surface area (Å²) in [7, 11) is 0. The number of rotatable bonds is 5. The Morgan fingerprint density at radius 3 is 2.94 bits per heavy atom. The first-order valence-electron chi connectivity index (χ1n) is 6.95. The van der Waals surface area contributed by atoms with Crippen LogP contribution in [-0.2, 0) is 0 Å². The van der Waals surface area contributed by atoms with Crippen molar-refractivity contribution in [1.29, 1.82) is 0 Å². The predicted molar refractivity (Wildman–Crippen MR) is 68.8 cm³/mol. The fourth-order valence-electron chi connectivity index (χ4n) is 2.95. The maximum absolute atomic E-state index is 3.49. The minimum absolute atomic E-state index is 0.631. The van der Waals surface area contributed by atoms with Gasteiger partial charge in [-0.05, 0) is 38.9 Å². The minimum atomic E-state index is 0.631. The van der Waals surface area contributed by atoms with Crippen molar-refractivity contribution < 1.29 is 0 Å². The molecular weight excluding hydrogens is 198 g/mol. The number of fused-ring (bicyclic) bond motifs is 1. The third kappa shape index (κ3) is 3.44. The van der Waals surface area contributed by atoms with Crippen LogP contribution in [0.15, 0.2) is 0 Å². The van der Waals surface area contributed by atoms with Crippen LogP contribution in [-0.4, -0.2) is 61.2 Å². The summed E-state index contributed by atoms with van der Waals surface area (Å²) in [6.45, 7) is 12.2. The van der Waals surface area contributed by atoms with E-state index in [1.807, 2.05) is 0 Å². The molecule has 0 aliphatic carbocycles. The molecule has 1 N–H and O–H groups in total. The summed E-state index contributed by atoms with van der Waals surface area (Å²) in [6, 6.07) is 1.51. The Morgan fingerprint density at radius 2 is 2.12 bits per heavy atom. The molecule has 2 rings (SSSR count). The molecule has 0 spiro atoms. The van der Waals surface area contributed by atoms with Crippen LogP contribution in [0.1, 0.15) is 33.1 Å². The Balaban J connectivity index is 1.60. The van der Waals surface area contributed by atoms with Crippen LogP contribution < -0.4 is 5.32 Å². The Labute approximate surface area is 100 Å². The molecule has 0 aromatic heterocycles. The first-order valence-corrected chi connectivity index (χ1v) is 6.95. The maximum Gasteiger partial charge on any atom is 0.0224 e. The predicted octanol–water partition coefficient (Wildman–Crippen LogP) is 1.15. The summed E-state index contributed by atoms with van der Waals surface area (Å²) in [5.74, 6) is 0. The molecule has 1 atom stereocenters. The largest absolute Gasteiger partial charge is 0.314 e. The summed E-state index contributed by atoms with van der Waals surface area (Å²) >= 11 is 0. The van der Waals surface area contributed by atoms with Crippen molar-refractivity contribution in [2.24, 2.45) is 0 Å². The van der Waals surface area contributed by atoms with Gasteiger partial charge in [0.2, 0.25) is 0 Å². The van der Waals surface area contributed by atoms with Gasteiger partial charge in [0.05, 0.1) is 0 Å². The van der Waals surface area contributed by atoms with Crippen molar-refractivity contribution in [3.05, 3.63) is 0 Å². The monoisotopic (exact) mass is 225 g/mol. The van der Waals surface area contributed by atoms with Crippen LogP contribution in [0.4, 0.5) is 0 Å². The molecule has 2 fully saturated rings. The molecule has 2 aliphatic heterocycles. The summed E-state index contributed by atoms with van der Waals surface area (Å²) < 4.78 is 0. The second-order valence-corrected chi connectivity index (χ2v) is 5.60. The number of piperazine rings is 1. The van der Waals surface area contributed by atoms with Gasteiger partial charge in [0.1, 0.15) is 0 Å². The lowest BCUT2D eigenvalue weighted by Gasteiger charge is -2.37. The number of hydrogen-bond acceptors (Lipinski definition) is 3. The van der Waals surface area contributed by atoms with Crippen LogP contribution in [0.25, 0.3) is 0 Å². The normalized spacial score (nSPS) is 27.6. The molecule has 94 valence electrons. The molecule has 1 unspecified atom stereocenters. The molecular formula is C13H27N3. The average Bonchev–Trinajstić information content (AvgIpc) is 2.71. The Hall–Kier alpha value is -0.120. The third-order valence-electron chi connectivity index (χ3n) is 3.88. The van der Waals surface area contributed by atoms with Gasteiger partial charge in [-0.15, -0.1) is 0 Å². The molecule has 0 radical (unpaired) electrons. The highest BCUT2D eigenvalue weighted by atomic mass is 15.3. The molecule has 2 aliphatic rings. The second kappa shape index (κ2) is 5.99. The van der Waals surface area contributed by atoms with Crippen LogP contribution in [0.2, 0.25) is 0 Å². The van der Waals surface area contributed by atoms with Gasteiger partial charge in [0, 0.05) is 31.7 Å². The molecule has 16 heavy (non-hydrogen) atoms. The van der Waals surface area contributed by atoms with E-state index in [-0.39, 0.29) is 0 Å². The molecule has 0 saturated carbocycles. The average molecular weight is 225 g/mol. The summed E-state index contributed by atoms with van der Waals surface area (Å²) in [5.41, 5.74) is 0. The molecule has 2 saturated heterocycles. The number of nitrogens with zero attached hydrogens (tertiary/aromatic N) is 2. The van der Waals surface area contributed by atoms with Crippen LogP contribution >= 0.6 is 0 Å². The van der Waals surface area contributed by atoms with Crippen molar-refractivity contribution >= 4 is 0 Å². The van der Waals surface area contributed by atoms with E-state index in [0.29, 0.717) is 6.04 Å². The van der Waals surface area contributed by atoms with Crippen LogP contribution in [0.3, 0.4) is 0 Å². The SMILES string of the molecule is CC(C)NCCCN1CCN2CCCC2C1. The smallest absolute Gasteiger partial charge is 0.0224 e. The second-order valence-electron chi connectivity index (χ2n) is 5.60. The van der Waals surface area contributed by atoms with Gasteiger partial charge < -0.3 is 10.2 Å². The van der Waals surface area contributed by atoms with E-state index in [0.717, 1.165) is 6.04 Å². The fourth-order valence-corrected chi connectivity index (χ4v) is 2.95. The van der Waals surface area contributed by atoms with Crippen LogP contribution in [0.5, 0.6) is 0 Å². The summed E-state index contributed by atoms with van der Waals surface area (Å²) in [4.78, 5) is 5.34. The molecule has 0 bridgehead atoms. The number of hydrogen-bond donors (Lipinski definition) is 1.